The first-order chi connectivity index (χ1) is 9.18. The normalized spacial score (nSPS) is 15.6. The van der Waals surface area contributed by atoms with Crippen LogP contribution in [0.1, 0.15) is 58.3 Å². The summed E-state index contributed by atoms with van der Waals surface area (Å²) >= 11 is 0. The van der Waals surface area contributed by atoms with Crippen molar-refractivity contribution in [3.8, 4) is 0 Å². The number of rotatable bonds is 10. The molecule has 0 heterocycles. The molecule has 0 bridgehead atoms. The minimum absolute atomic E-state index is 1.05. The highest BCUT2D eigenvalue weighted by Gasteiger charge is 2.36. The van der Waals surface area contributed by atoms with Crippen molar-refractivity contribution < 1.29 is 8.85 Å². The highest BCUT2D eigenvalue weighted by Crippen LogP contribution is 2.32. The molecule has 0 aromatic rings. The Kier molecular flexibility index (Phi) is 7.65. The topological polar surface area (TPSA) is 18.5 Å². The molecular formula is C16H30O2Si. The lowest BCUT2D eigenvalue weighted by atomic mass is 10.1. The van der Waals surface area contributed by atoms with E-state index in [1.54, 1.807) is 14.2 Å². The van der Waals surface area contributed by atoms with Gasteiger partial charge in [0.2, 0.25) is 0 Å². The van der Waals surface area contributed by atoms with E-state index in [4.69, 9.17) is 8.85 Å². The molecular weight excluding hydrogens is 252 g/mol. The maximum Gasteiger partial charge on any atom is 0.368 e. The van der Waals surface area contributed by atoms with Gasteiger partial charge >= 0.3 is 8.56 Å². The average Bonchev–Trinajstić information content (AvgIpc) is 2.91. The fourth-order valence-electron chi connectivity index (χ4n) is 2.67. The van der Waals surface area contributed by atoms with Crippen molar-refractivity contribution in [2.45, 2.75) is 64.8 Å². The van der Waals surface area contributed by atoms with Crippen molar-refractivity contribution in [2.24, 2.45) is 0 Å². The van der Waals surface area contributed by atoms with Crippen LogP contribution in [-0.2, 0) is 8.85 Å². The van der Waals surface area contributed by atoms with Gasteiger partial charge in [0.1, 0.15) is 0 Å². The minimum Gasteiger partial charge on any atom is -0.394 e. The molecule has 0 saturated carbocycles. The highest BCUT2D eigenvalue weighted by atomic mass is 28.4. The molecule has 0 unspecified atom stereocenters. The Morgan fingerprint density at radius 2 is 1.63 bits per heavy atom. The first-order valence-electron chi connectivity index (χ1n) is 7.68. The lowest BCUT2D eigenvalue weighted by Crippen LogP contribution is -2.39. The van der Waals surface area contributed by atoms with Crippen LogP contribution in [0.4, 0.5) is 0 Å². The zero-order valence-electron chi connectivity index (χ0n) is 13.1. The van der Waals surface area contributed by atoms with E-state index in [0.29, 0.717) is 0 Å². The fourth-order valence-corrected chi connectivity index (χ4v) is 4.58. The van der Waals surface area contributed by atoms with Crippen LogP contribution in [0.25, 0.3) is 0 Å². The Hall–Kier alpha value is -0.383. The van der Waals surface area contributed by atoms with E-state index in [-0.39, 0.29) is 0 Å². The van der Waals surface area contributed by atoms with Gasteiger partial charge in [-0.25, -0.2) is 0 Å². The number of hydrogen-bond acceptors (Lipinski definition) is 2. The van der Waals surface area contributed by atoms with Gasteiger partial charge in [0.15, 0.2) is 0 Å². The molecule has 0 radical (unpaired) electrons. The van der Waals surface area contributed by atoms with E-state index in [9.17, 15) is 0 Å². The van der Waals surface area contributed by atoms with Crippen LogP contribution in [0.5, 0.6) is 0 Å². The van der Waals surface area contributed by atoms with E-state index < -0.39 is 8.56 Å². The molecule has 0 aliphatic heterocycles. The third-order valence-electron chi connectivity index (χ3n) is 4.10. The summed E-state index contributed by atoms with van der Waals surface area (Å²) < 4.78 is 11.3. The van der Waals surface area contributed by atoms with Gasteiger partial charge in [-0.1, -0.05) is 51.2 Å². The monoisotopic (exact) mass is 282 g/mol. The van der Waals surface area contributed by atoms with Crippen LogP contribution in [-0.4, -0.2) is 22.8 Å². The zero-order valence-corrected chi connectivity index (χ0v) is 14.1. The van der Waals surface area contributed by atoms with Crippen molar-refractivity contribution in [3.05, 3.63) is 22.9 Å². The molecule has 0 aromatic heterocycles. The summed E-state index contributed by atoms with van der Waals surface area (Å²) in [4.78, 5) is 0. The van der Waals surface area contributed by atoms with Crippen molar-refractivity contribution in [1.29, 1.82) is 0 Å². The summed E-state index contributed by atoms with van der Waals surface area (Å²) in [7, 11) is 1.43. The molecule has 0 atom stereocenters. The summed E-state index contributed by atoms with van der Waals surface area (Å²) in [5.41, 5.74) is 1.48. The molecule has 19 heavy (non-hydrogen) atoms. The van der Waals surface area contributed by atoms with Crippen molar-refractivity contribution in [1.82, 2.24) is 0 Å². The second-order valence-electron chi connectivity index (χ2n) is 5.45. The first-order valence-corrected chi connectivity index (χ1v) is 10.00. The van der Waals surface area contributed by atoms with Gasteiger partial charge in [-0.3, -0.25) is 0 Å². The molecule has 110 valence electrons. The fraction of sp³-hybridized carbons (Fsp3) is 0.750. The first kappa shape index (κ1) is 16.7. The number of allylic oxidation sites excluding steroid dienone is 4. The summed E-state index contributed by atoms with van der Waals surface area (Å²) in [5, 5.41) is 1.37. The summed E-state index contributed by atoms with van der Waals surface area (Å²) in [6, 6.07) is 0. The third kappa shape index (κ3) is 4.90. The molecule has 1 rings (SSSR count). The van der Waals surface area contributed by atoms with Crippen molar-refractivity contribution in [3.63, 3.8) is 0 Å². The van der Waals surface area contributed by atoms with Crippen LogP contribution in [0.2, 0.25) is 6.55 Å². The molecule has 0 fully saturated rings. The van der Waals surface area contributed by atoms with E-state index in [2.05, 4.69) is 25.6 Å². The van der Waals surface area contributed by atoms with Gasteiger partial charge in [-0.2, -0.15) is 0 Å². The molecule has 1 aliphatic carbocycles. The lowest BCUT2D eigenvalue weighted by Gasteiger charge is -2.26. The quantitative estimate of drug-likeness (QED) is 0.419. The molecule has 2 nitrogen and oxygen atoms in total. The Morgan fingerprint density at radius 3 is 2.26 bits per heavy atom. The Bertz CT molecular complexity index is 317. The van der Waals surface area contributed by atoms with Gasteiger partial charge in [0.25, 0.3) is 0 Å². The second kappa shape index (κ2) is 8.72. The molecule has 0 N–H and O–H groups in total. The van der Waals surface area contributed by atoms with Gasteiger partial charge in [-0.15, -0.1) is 0 Å². The number of unbranched alkanes of at least 4 members (excludes halogenated alkanes) is 5. The van der Waals surface area contributed by atoms with Crippen LogP contribution >= 0.6 is 0 Å². The minimum atomic E-state index is -2.12. The van der Waals surface area contributed by atoms with Crippen LogP contribution in [0.15, 0.2) is 22.9 Å². The molecule has 1 aliphatic rings. The van der Waals surface area contributed by atoms with Crippen LogP contribution in [0.3, 0.4) is 0 Å². The predicted octanol–water partition coefficient (Wildman–Crippen LogP) is 4.90. The van der Waals surface area contributed by atoms with E-state index in [1.165, 1.54) is 55.7 Å². The third-order valence-corrected chi connectivity index (χ3v) is 7.16. The number of hydrogen-bond donors (Lipinski definition) is 0. The lowest BCUT2D eigenvalue weighted by molar-refractivity contribution is 0.260. The van der Waals surface area contributed by atoms with E-state index >= 15 is 0 Å². The van der Waals surface area contributed by atoms with Gasteiger partial charge in [0.05, 0.1) is 0 Å². The Labute approximate surface area is 120 Å². The van der Waals surface area contributed by atoms with E-state index in [0.717, 1.165) is 6.42 Å². The van der Waals surface area contributed by atoms with Crippen LogP contribution in [0, 0.1) is 0 Å². The Morgan fingerprint density at radius 1 is 1.00 bits per heavy atom. The smallest absolute Gasteiger partial charge is 0.368 e. The summed E-state index contributed by atoms with van der Waals surface area (Å²) in [6.45, 7) is 4.40. The predicted molar refractivity (Wildman–Crippen MR) is 84.4 cm³/mol. The summed E-state index contributed by atoms with van der Waals surface area (Å²) in [5.74, 6) is 0. The standard InChI is InChI=1S/C16H30O2Si/c1-5-6-7-8-9-10-12-15-13-11-14-16(15)19(4,17-2)18-3/h13-14H,5-12H2,1-4H3. The van der Waals surface area contributed by atoms with E-state index in [1.807, 2.05) is 0 Å². The van der Waals surface area contributed by atoms with Crippen molar-refractivity contribution >= 4 is 8.56 Å². The average molecular weight is 282 g/mol. The summed E-state index contributed by atoms with van der Waals surface area (Å²) in [6.07, 6.45) is 15.0. The zero-order chi connectivity index (χ0) is 14.1. The molecule has 0 amide bonds. The molecule has 0 aromatic carbocycles. The SMILES string of the molecule is CCCCCCCCC1=CCC=C1[Si](C)(OC)OC. The maximum absolute atomic E-state index is 5.67. The maximum atomic E-state index is 5.67. The van der Waals surface area contributed by atoms with Crippen LogP contribution < -0.4 is 0 Å². The largest absolute Gasteiger partial charge is 0.394 e. The van der Waals surface area contributed by atoms with Gasteiger partial charge in [-0.05, 0) is 36.6 Å². The highest BCUT2D eigenvalue weighted by molar-refractivity contribution is 6.74. The van der Waals surface area contributed by atoms with Gasteiger partial charge < -0.3 is 8.85 Å². The molecule has 3 heteroatoms. The second-order valence-corrected chi connectivity index (χ2v) is 8.70. The molecule has 0 spiro atoms. The van der Waals surface area contributed by atoms with Crippen molar-refractivity contribution in [2.75, 3.05) is 14.2 Å². The Balaban J connectivity index is 2.36. The van der Waals surface area contributed by atoms with Gasteiger partial charge in [0, 0.05) is 14.2 Å². The molecule has 0 saturated heterocycles.